The zero-order valence-electron chi connectivity index (χ0n) is 20.7. The molecule has 1 unspecified atom stereocenters. The molecule has 1 aromatic heterocycles. The Morgan fingerprint density at radius 2 is 1.85 bits per heavy atom. The molecular formula is C27H22F3N5O2S2. The van der Waals surface area contributed by atoms with Gasteiger partial charge in [-0.15, -0.1) is 13.2 Å². The second-order valence-electron chi connectivity index (χ2n) is 8.81. The summed E-state index contributed by atoms with van der Waals surface area (Å²) in [5, 5.41) is 8.23. The van der Waals surface area contributed by atoms with E-state index < -0.39 is 17.2 Å². The van der Waals surface area contributed by atoms with Crippen LogP contribution >= 0.6 is 12.2 Å². The Balaban J connectivity index is 1.31. The molecule has 1 aliphatic rings. The fraction of sp³-hybridized carbons (Fsp3) is 0.148. The van der Waals surface area contributed by atoms with Gasteiger partial charge in [0.25, 0.3) is 0 Å². The van der Waals surface area contributed by atoms with Crippen molar-refractivity contribution >= 4 is 40.0 Å². The first kappa shape index (κ1) is 26.6. The number of anilines is 1. The summed E-state index contributed by atoms with van der Waals surface area (Å²) < 4.78 is 56.2. The van der Waals surface area contributed by atoms with Gasteiger partial charge in [-0.2, -0.15) is 5.10 Å². The fourth-order valence-electron chi connectivity index (χ4n) is 4.30. The zero-order valence-corrected chi connectivity index (χ0v) is 22.4. The van der Waals surface area contributed by atoms with Gasteiger partial charge in [0.15, 0.2) is 5.11 Å². The van der Waals surface area contributed by atoms with Gasteiger partial charge in [-0.1, -0.05) is 30.3 Å². The molecule has 7 nitrogen and oxygen atoms in total. The van der Waals surface area contributed by atoms with Gasteiger partial charge in [-0.25, -0.2) is 4.98 Å². The molecule has 3 aromatic carbocycles. The van der Waals surface area contributed by atoms with E-state index in [-0.39, 0.29) is 11.5 Å². The van der Waals surface area contributed by atoms with Gasteiger partial charge >= 0.3 is 6.36 Å². The van der Waals surface area contributed by atoms with E-state index in [0.29, 0.717) is 21.5 Å². The second kappa shape index (κ2) is 10.6. The highest BCUT2D eigenvalue weighted by atomic mass is 32.2. The lowest BCUT2D eigenvalue weighted by molar-refractivity contribution is -0.274. The minimum Gasteiger partial charge on any atom is -0.406 e. The monoisotopic (exact) mass is 569 g/mol. The number of aryl methyl sites for hydroxylation is 2. The molecule has 0 radical (unpaired) electrons. The SMILES string of the molecule is Cc1cccc(C)c1NC(=S)NN=Cc1ccc2c(c1)CS(=O)c1c-2ncn1-c1ccc(OC(F)(F)F)cc1. The predicted molar refractivity (Wildman–Crippen MR) is 149 cm³/mol. The third-order valence-corrected chi connectivity index (χ3v) is 7.65. The van der Waals surface area contributed by atoms with Crippen molar-refractivity contribution in [3.05, 3.63) is 89.2 Å². The van der Waals surface area contributed by atoms with Crippen LogP contribution in [0.5, 0.6) is 5.75 Å². The van der Waals surface area contributed by atoms with Gasteiger partial charge < -0.3 is 10.1 Å². The van der Waals surface area contributed by atoms with Gasteiger partial charge in [0.05, 0.1) is 22.8 Å². The molecule has 2 heterocycles. The lowest BCUT2D eigenvalue weighted by Crippen LogP contribution is -2.24. The Hall–Kier alpha value is -4.03. The van der Waals surface area contributed by atoms with Crippen LogP contribution in [0.15, 0.2) is 77.1 Å². The Labute approximate surface area is 230 Å². The molecule has 0 saturated carbocycles. The highest BCUT2D eigenvalue weighted by Gasteiger charge is 2.31. The van der Waals surface area contributed by atoms with Gasteiger partial charge in [-0.3, -0.25) is 14.2 Å². The van der Waals surface area contributed by atoms with Gasteiger partial charge in [0.1, 0.15) is 22.8 Å². The summed E-state index contributed by atoms with van der Waals surface area (Å²) in [6.45, 7) is 3.99. The van der Waals surface area contributed by atoms with Crippen LogP contribution in [0.3, 0.4) is 0 Å². The van der Waals surface area contributed by atoms with Crippen LogP contribution in [-0.4, -0.2) is 31.4 Å². The number of para-hydroxylation sites is 1. The highest BCUT2D eigenvalue weighted by Crippen LogP contribution is 2.37. The van der Waals surface area contributed by atoms with Crippen LogP contribution in [-0.2, 0) is 16.6 Å². The fourth-order valence-corrected chi connectivity index (χ4v) is 5.87. The van der Waals surface area contributed by atoms with Crippen molar-refractivity contribution in [3.8, 4) is 22.7 Å². The lowest BCUT2D eigenvalue weighted by Gasteiger charge is -2.18. The number of fused-ring (bicyclic) bond motifs is 3. The van der Waals surface area contributed by atoms with E-state index in [1.807, 2.05) is 50.2 Å². The van der Waals surface area contributed by atoms with Crippen molar-refractivity contribution in [2.75, 3.05) is 5.32 Å². The van der Waals surface area contributed by atoms with Gasteiger partial charge in [-0.05, 0) is 78.7 Å². The van der Waals surface area contributed by atoms with Crippen LogP contribution < -0.4 is 15.5 Å². The summed E-state index contributed by atoms with van der Waals surface area (Å²) in [5.74, 6) is -0.0810. The number of ether oxygens (including phenoxy) is 1. The molecular weight excluding hydrogens is 547 g/mol. The van der Waals surface area contributed by atoms with Crippen LogP contribution in [0.4, 0.5) is 18.9 Å². The number of aromatic nitrogens is 2. The van der Waals surface area contributed by atoms with E-state index in [2.05, 4.69) is 25.6 Å². The number of alkyl halides is 3. The standard InChI is InChI=1S/C27H22F3N5O2S2/c1-16-4-3-5-17(2)23(16)33-26(38)34-32-13-18-6-11-22-19(12-18)14-39(36)25-24(22)31-15-35(25)20-7-9-21(10-8-20)37-27(28,29)30/h3-13,15H,14H2,1-2H3,(H2,33,34,38). The summed E-state index contributed by atoms with van der Waals surface area (Å²) in [7, 11) is -1.43. The number of hydrogen-bond donors (Lipinski definition) is 2. The Morgan fingerprint density at radius 1 is 1.13 bits per heavy atom. The average Bonchev–Trinajstić information content (AvgIpc) is 3.32. The van der Waals surface area contributed by atoms with Gasteiger partial charge in [0.2, 0.25) is 0 Å². The number of hydrazone groups is 1. The van der Waals surface area contributed by atoms with Gasteiger partial charge in [0, 0.05) is 16.9 Å². The Kier molecular flexibility index (Phi) is 7.23. The maximum absolute atomic E-state index is 13.2. The molecule has 0 saturated heterocycles. The summed E-state index contributed by atoms with van der Waals surface area (Å²) >= 11 is 5.36. The van der Waals surface area contributed by atoms with Crippen molar-refractivity contribution in [1.82, 2.24) is 15.0 Å². The molecule has 1 aliphatic heterocycles. The van der Waals surface area contributed by atoms with Crippen molar-refractivity contribution in [2.24, 2.45) is 5.10 Å². The third-order valence-electron chi connectivity index (χ3n) is 6.06. The Bertz CT molecular complexity index is 1590. The number of thiocarbonyl (C=S) groups is 1. The van der Waals surface area contributed by atoms with E-state index in [4.69, 9.17) is 12.2 Å². The third kappa shape index (κ3) is 5.86. The number of halogens is 3. The first-order valence-electron chi connectivity index (χ1n) is 11.7. The first-order chi connectivity index (χ1) is 18.6. The second-order valence-corrected chi connectivity index (χ2v) is 10.6. The normalized spacial score (nSPS) is 14.5. The van der Waals surface area contributed by atoms with E-state index in [1.165, 1.54) is 30.6 Å². The topological polar surface area (TPSA) is 80.5 Å². The maximum atomic E-state index is 13.2. The Morgan fingerprint density at radius 3 is 2.54 bits per heavy atom. The summed E-state index contributed by atoms with van der Waals surface area (Å²) in [6, 6.07) is 17.0. The molecule has 0 amide bonds. The van der Waals surface area contributed by atoms with Crippen molar-refractivity contribution in [1.29, 1.82) is 0 Å². The molecule has 12 heteroatoms. The lowest BCUT2D eigenvalue weighted by atomic mass is 10.0. The molecule has 200 valence electrons. The first-order valence-corrected chi connectivity index (χ1v) is 13.4. The average molecular weight is 570 g/mol. The van der Waals surface area contributed by atoms with Crippen LogP contribution in [0.1, 0.15) is 22.3 Å². The van der Waals surface area contributed by atoms with E-state index in [9.17, 15) is 17.4 Å². The summed E-state index contributed by atoms with van der Waals surface area (Å²) in [5.41, 5.74) is 9.44. The van der Waals surface area contributed by atoms with Crippen LogP contribution in [0.25, 0.3) is 16.9 Å². The molecule has 39 heavy (non-hydrogen) atoms. The van der Waals surface area contributed by atoms with Crippen LogP contribution in [0, 0.1) is 13.8 Å². The quantitative estimate of drug-likeness (QED) is 0.175. The molecule has 0 bridgehead atoms. The van der Waals surface area contributed by atoms with Crippen molar-refractivity contribution in [3.63, 3.8) is 0 Å². The largest absolute Gasteiger partial charge is 0.573 e. The molecule has 0 aliphatic carbocycles. The molecule has 0 spiro atoms. The zero-order chi connectivity index (χ0) is 27.7. The van der Waals surface area contributed by atoms with Crippen molar-refractivity contribution < 1.29 is 22.1 Å². The number of hydrogen-bond acceptors (Lipinski definition) is 5. The maximum Gasteiger partial charge on any atom is 0.573 e. The molecule has 5 rings (SSSR count). The molecule has 2 N–H and O–H groups in total. The predicted octanol–water partition coefficient (Wildman–Crippen LogP) is 6.00. The smallest absolute Gasteiger partial charge is 0.406 e. The summed E-state index contributed by atoms with van der Waals surface area (Å²) in [4.78, 5) is 4.46. The molecule has 0 fully saturated rings. The van der Waals surface area contributed by atoms with Crippen LogP contribution in [0.2, 0.25) is 0 Å². The number of nitrogens with one attached hydrogen (secondary N) is 2. The highest BCUT2D eigenvalue weighted by molar-refractivity contribution is 7.84. The van der Waals surface area contributed by atoms with E-state index >= 15 is 0 Å². The van der Waals surface area contributed by atoms with Crippen molar-refractivity contribution in [2.45, 2.75) is 31.0 Å². The minimum atomic E-state index is -4.77. The van der Waals surface area contributed by atoms with E-state index in [0.717, 1.165) is 33.5 Å². The van der Waals surface area contributed by atoms with E-state index in [1.54, 1.807) is 10.8 Å². The number of rotatable bonds is 5. The minimum absolute atomic E-state index is 0.255. The number of nitrogens with zero attached hydrogens (tertiary/aromatic N) is 3. The summed E-state index contributed by atoms with van der Waals surface area (Å²) in [6.07, 6.45) is -1.63. The molecule has 1 atom stereocenters. The number of imidazole rings is 1. The molecule has 4 aromatic rings. The number of benzene rings is 3.